The van der Waals surface area contributed by atoms with E-state index in [1.807, 2.05) is 12.4 Å². The SMILES string of the molecule is c1cnc(-c2cncc(CNC3CC3)c2)cn1. The van der Waals surface area contributed by atoms with E-state index < -0.39 is 0 Å². The van der Waals surface area contributed by atoms with Gasteiger partial charge in [-0.1, -0.05) is 0 Å². The summed E-state index contributed by atoms with van der Waals surface area (Å²) >= 11 is 0. The molecule has 0 aliphatic heterocycles. The molecular weight excluding hydrogens is 212 g/mol. The molecule has 4 nitrogen and oxygen atoms in total. The highest BCUT2D eigenvalue weighted by molar-refractivity contribution is 5.57. The molecule has 1 aliphatic carbocycles. The van der Waals surface area contributed by atoms with E-state index in [4.69, 9.17) is 0 Å². The lowest BCUT2D eigenvalue weighted by molar-refractivity contribution is 0.686. The first-order valence-corrected chi connectivity index (χ1v) is 5.85. The van der Waals surface area contributed by atoms with E-state index >= 15 is 0 Å². The fraction of sp³-hybridized carbons (Fsp3) is 0.308. The van der Waals surface area contributed by atoms with Crippen molar-refractivity contribution in [3.05, 3.63) is 42.6 Å². The summed E-state index contributed by atoms with van der Waals surface area (Å²) in [5.74, 6) is 0. The van der Waals surface area contributed by atoms with Crippen LogP contribution in [0, 0.1) is 0 Å². The highest BCUT2D eigenvalue weighted by Crippen LogP contribution is 2.20. The summed E-state index contributed by atoms with van der Waals surface area (Å²) in [6, 6.07) is 2.84. The van der Waals surface area contributed by atoms with Gasteiger partial charge in [0.1, 0.15) is 0 Å². The predicted octanol–water partition coefficient (Wildman–Crippen LogP) is 1.79. The van der Waals surface area contributed by atoms with E-state index in [0.29, 0.717) is 0 Å². The number of hydrogen-bond acceptors (Lipinski definition) is 4. The van der Waals surface area contributed by atoms with Crippen molar-refractivity contribution in [2.24, 2.45) is 0 Å². The lowest BCUT2D eigenvalue weighted by Crippen LogP contribution is -2.15. The molecule has 4 heteroatoms. The number of nitrogens with zero attached hydrogens (tertiary/aromatic N) is 3. The Kier molecular flexibility index (Phi) is 2.80. The van der Waals surface area contributed by atoms with Crippen LogP contribution in [0.15, 0.2) is 37.1 Å². The van der Waals surface area contributed by atoms with Crippen LogP contribution < -0.4 is 5.32 Å². The largest absolute Gasteiger partial charge is 0.310 e. The summed E-state index contributed by atoms with van der Waals surface area (Å²) in [5.41, 5.74) is 3.08. The lowest BCUT2D eigenvalue weighted by atomic mass is 10.1. The molecule has 2 aromatic rings. The van der Waals surface area contributed by atoms with E-state index in [1.165, 1.54) is 18.4 Å². The van der Waals surface area contributed by atoms with Gasteiger partial charge in [0.05, 0.1) is 11.9 Å². The maximum Gasteiger partial charge on any atom is 0.0900 e. The monoisotopic (exact) mass is 226 g/mol. The second kappa shape index (κ2) is 4.59. The summed E-state index contributed by atoms with van der Waals surface area (Å²) in [4.78, 5) is 12.6. The van der Waals surface area contributed by atoms with Crippen LogP contribution in [0.2, 0.25) is 0 Å². The van der Waals surface area contributed by atoms with Crippen molar-refractivity contribution < 1.29 is 0 Å². The standard InChI is InChI=1S/C13H14N4/c1-2-12(1)17-7-10-5-11(8-15-6-10)13-9-14-3-4-16-13/h3-6,8-9,12,17H,1-2,7H2. The van der Waals surface area contributed by atoms with E-state index in [1.54, 1.807) is 18.6 Å². The number of pyridine rings is 1. The van der Waals surface area contributed by atoms with Gasteiger partial charge in [-0.05, 0) is 24.5 Å². The van der Waals surface area contributed by atoms with Crippen molar-refractivity contribution in [1.82, 2.24) is 20.3 Å². The molecule has 1 N–H and O–H groups in total. The lowest BCUT2D eigenvalue weighted by Gasteiger charge is -2.05. The zero-order valence-electron chi connectivity index (χ0n) is 9.50. The summed E-state index contributed by atoms with van der Waals surface area (Å²) < 4.78 is 0. The Hall–Kier alpha value is -1.81. The third-order valence-electron chi connectivity index (χ3n) is 2.83. The molecule has 86 valence electrons. The second-order valence-electron chi connectivity index (χ2n) is 4.33. The molecule has 0 bridgehead atoms. The summed E-state index contributed by atoms with van der Waals surface area (Å²) in [6.45, 7) is 0.881. The first kappa shape index (κ1) is 10.4. The number of hydrogen-bond donors (Lipinski definition) is 1. The minimum atomic E-state index is 0.718. The maximum absolute atomic E-state index is 4.27. The van der Waals surface area contributed by atoms with Crippen LogP contribution in [0.3, 0.4) is 0 Å². The van der Waals surface area contributed by atoms with Crippen molar-refractivity contribution in [3.8, 4) is 11.3 Å². The Bertz CT molecular complexity index is 494. The van der Waals surface area contributed by atoms with Gasteiger partial charge in [-0.2, -0.15) is 0 Å². The molecule has 1 saturated carbocycles. The maximum atomic E-state index is 4.27. The van der Waals surface area contributed by atoms with Gasteiger partial charge in [-0.25, -0.2) is 0 Å². The van der Waals surface area contributed by atoms with Gasteiger partial charge in [-0.15, -0.1) is 0 Å². The van der Waals surface area contributed by atoms with Crippen molar-refractivity contribution in [3.63, 3.8) is 0 Å². The van der Waals surface area contributed by atoms with Crippen molar-refractivity contribution in [1.29, 1.82) is 0 Å². The Morgan fingerprint density at radius 3 is 2.82 bits per heavy atom. The Morgan fingerprint density at radius 1 is 1.12 bits per heavy atom. The molecule has 0 aromatic carbocycles. The average Bonchev–Trinajstić information content (AvgIpc) is 3.22. The number of rotatable bonds is 4. The van der Waals surface area contributed by atoms with E-state index in [-0.39, 0.29) is 0 Å². The van der Waals surface area contributed by atoms with Crippen LogP contribution in [0.25, 0.3) is 11.3 Å². The fourth-order valence-corrected chi connectivity index (χ4v) is 1.72. The normalized spacial score (nSPS) is 14.8. The number of aromatic nitrogens is 3. The van der Waals surface area contributed by atoms with E-state index in [9.17, 15) is 0 Å². The summed E-state index contributed by atoms with van der Waals surface area (Å²) in [6.07, 6.45) is 11.5. The molecule has 0 spiro atoms. The Morgan fingerprint density at radius 2 is 2.06 bits per heavy atom. The molecule has 1 aliphatic rings. The Balaban J connectivity index is 1.78. The third kappa shape index (κ3) is 2.65. The molecule has 17 heavy (non-hydrogen) atoms. The van der Waals surface area contributed by atoms with Crippen LogP contribution in [-0.4, -0.2) is 21.0 Å². The molecule has 0 amide bonds. The smallest absolute Gasteiger partial charge is 0.0900 e. The van der Waals surface area contributed by atoms with Gasteiger partial charge in [0.2, 0.25) is 0 Å². The van der Waals surface area contributed by atoms with Crippen LogP contribution in [0.1, 0.15) is 18.4 Å². The molecular formula is C13H14N4. The van der Waals surface area contributed by atoms with Crippen LogP contribution in [0.5, 0.6) is 0 Å². The molecule has 0 saturated heterocycles. The van der Waals surface area contributed by atoms with Gasteiger partial charge in [0.25, 0.3) is 0 Å². The molecule has 0 unspecified atom stereocenters. The summed E-state index contributed by atoms with van der Waals surface area (Å²) in [7, 11) is 0. The summed E-state index contributed by atoms with van der Waals surface area (Å²) in [5, 5.41) is 3.48. The van der Waals surface area contributed by atoms with Crippen LogP contribution >= 0.6 is 0 Å². The first-order valence-electron chi connectivity index (χ1n) is 5.85. The zero-order valence-corrected chi connectivity index (χ0v) is 9.50. The molecule has 0 radical (unpaired) electrons. The highest BCUT2D eigenvalue weighted by atomic mass is 14.9. The minimum absolute atomic E-state index is 0.718. The first-order chi connectivity index (χ1) is 8.42. The van der Waals surface area contributed by atoms with Crippen molar-refractivity contribution in [2.45, 2.75) is 25.4 Å². The van der Waals surface area contributed by atoms with Crippen molar-refractivity contribution in [2.75, 3.05) is 0 Å². The number of nitrogens with one attached hydrogen (secondary N) is 1. The molecule has 3 rings (SSSR count). The molecule has 2 aromatic heterocycles. The van der Waals surface area contributed by atoms with Gasteiger partial charge in [-0.3, -0.25) is 15.0 Å². The third-order valence-corrected chi connectivity index (χ3v) is 2.83. The predicted molar refractivity (Wildman–Crippen MR) is 65.1 cm³/mol. The highest BCUT2D eigenvalue weighted by Gasteiger charge is 2.19. The fourth-order valence-electron chi connectivity index (χ4n) is 1.72. The van der Waals surface area contributed by atoms with Gasteiger partial charge in [0.15, 0.2) is 0 Å². The topological polar surface area (TPSA) is 50.7 Å². The molecule has 0 atom stereocenters. The quantitative estimate of drug-likeness (QED) is 0.863. The van der Waals surface area contributed by atoms with E-state index in [0.717, 1.165) is 23.8 Å². The Labute approximate surface area is 100 Å². The van der Waals surface area contributed by atoms with Crippen LogP contribution in [0.4, 0.5) is 0 Å². The van der Waals surface area contributed by atoms with Crippen LogP contribution in [-0.2, 0) is 6.54 Å². The molecule has 1 fully saturated rings. The van der Waals surface area contributed by atoms with Gasteiger partial charge >= 0.3 is 0 Å². The van der Waals surface area contributed by atoms with Gasteiger partial charge in [0, 0.05) is 42.9 Å². The molecule has 2 heterocycles. The minimum Gasteiger partial charge on any atom is -0.310 e. The average molecular weight is 226 g/mol. The van der Waals surface area contributed by atoms with E-state index in [2.05, 4.69) is 26.3 Å². The zero-order chi connectivity index (χ0) is 11.5. The van der Waals surface area contributed by atoms with Crippen molar-refractivity contribution >= 4 is 0 Å². The van der Waals surface area contributed by atoms with Gasteiger partial charge < -0.3 is 5.32 Å². The second-order valence-corrected chi connectivity index (χ2v) is 4.33.